The number of nitrogens with zero attached hydrogens (tertiary/aromatic N) is 1. The Morgan fingerprint density at radius 1 is 1.26 bits per heavy atom. The van der Waals surface area contributed by atoms with Gasteiger partial charge in [0.25, 0.3) is 0 Å². The average molecular weight is 419 g/mol. The number of hydrogen-bond acceptors (Lipinski definition) is 5. The van der Waals surface area contributed by atoms with Crippen LogP contribution in [0.15, 0.2) is 36.4 Å². The minimum Gasteiger partial charge on any atom is -0.496 e. The number of aliphatic hydroxyl groups is 1. The number of nitriles is 1. The van der Waals surface area contributed by atoms with Crippen LogP contribution in [0.4, 0.5) is 0 Å². The summed E-state index contributed by atoms with van der Waals surface area (Å²) in [5.41, 5.74) is 4.83. The summed E-state index contributed by atoms with van der Waals surface area (Å²) in [6.45, 7) is 2.72. The van der Waals surface area contributed by atoms with Crippen LogP contribution >= 0.6 is 0 Å². The molecular weight excluding hydrogens is 388 g/mol. The Hall–Kier alpha value is -2.68. The minimum atomic E-state index is -0.305. The lowest BCUT2D eigenvalue weighted by molar-refractivity contribution is -0.121. The molecule has 31 heavy (non-hydrogen) atoms. The Bertz CT molecular complexity index is 1010. The molecule has 5 heteroatoms. The predicted molar refractivity (Wildman–Crippen MR) is 120 cm³/mol. The molecule has 1 aliphatic carbocycles. The number of nitrogens with one attached hydrogen (secondary N) is 1. The van der Waals surface area contributed by atoms with E-state index in [0.29, 0.717) is 13.0 Å². The van der Waals surface area contributed by atoms with Gasteiger partial charge in [0.15, 0.2) is 5.78 Å². The standard InChI is InChI=1S/C26H30N2O3/c1-16-12-18(19-6-3-4-9-25(19)31-2)13-17(10-11-27)21(16)14-24(30)26-20-7-5-8-23(29)22(20)15-28-26/h3-4,6,9,12-13,20,22-23,26,28-29H,5,7-8,10,14-15H2,1-2H3/t20-,22-,23+,26?/m1/s1. The minimum absolute atomic E-state index is 0.161. The number of fused-ring (bicyclic) bond motifs is 1. The number of carbonyl (C=O) groups is 1. The van der Waals surface area contributed by atoms with Gasteiger partial charge in [0.2, 0.25) is 0 Å². The Morgan fingerprint density at radius 3 is 2.84 bits per heavy atom. The second-order valence-corrected chi connectivity index (χ2v) is 8.82. The molecule has 2 N–H and O–H groups in total. The van der Waals surface area contributed by atoms with E-state index in [1.54, 1.807) is 7.11 Å². The van der Waals surface area contributed by atoms with Gasteiger partial charge in [-0.05, 0) is 60.1 Å². The van der Waals surface area contributed by atoms with E-state index < -0.39 is 0 Å². The van der Waals surface area contributed by atoms with Crippen molar-refractivity contribution < 1.29 is 14.6 Å². The molecule has 5 nitrogen and oxygen atoms in total. The van der Waals surface area contributed by atoms with E-state index in [4.69, 9.17) is 4.74 Å². The van der Waals surface area contributed by atoms with E-state index in [1.807, 2.05) is 37.3 Å². The fourth-order valence-corrected chi connectivity index (χ4v) is 5.45. The Morgan fingerprint density at radius 2 is 2.06 bits per heavy atom. The predicted octanol–water partition coefficient (Wildman–Crippen LogP) is 3.60. The highest BCUT2D eigenvalue weighted by Gasteiger charge is 2.44. The summed E-state index contributed by atoms with van der Waals surface area (Å²) in [6.07, 6.45) is 3.06. The first-order valence-corrected chi connectivity index (χ1v) is 11.1. The van der Waals surface area contributed by atoms with Gasteiger partial charge in [-0.2, -0.15) is 5.26 Å². The molecule has 1 saturated carbocycles. The molecule has 2 aromatic rings. The number of methoxy groups -OCH3 is 1. The maximum atomic E-state index is 13.3. The maximum absolute atomic E-state index is 13.3. The van der Waals surface area contributed by atoms with Crippen LogP contribution in [0.5, 0.6) is 5.75 Å². The van der Waals surface area contributed by atoms with Gasteiger partial charge in [0, 0.05) is 24.4 Å². The van der Waals surface area contributed by atoms with Crippen molar-refractivity contribution in [2.45, 2.75) is 51.2 Å². The van der Waals surface area contributed by atoms with Gasteiger partial charge in [0.1, 0.15) is 5.75 Å². The van der Waals surface area contributed by atoms with Crippen LogP contribution in [-0.2, 0) is 17.6 Å². The fourth-order valence-electron chi connectivity index (χ4n) is 5.45. The van der Waals surface area contributed by atoms with E-state index in [9.17, 15) is 15.2 Å². The summed E-state index contributed by atoms with van der Waals surface area (Å²) < 4.78 is 5.51. The van der Waals surface area contributed by atoms with E-state index in [-0.39, 0.29) is 36.2 Å². The van der Waals surface area contributed by atoms with E-state index in [2.05, 4.69) is 17.5 Å². The second-order valence-electron chi connectivity index (χ2n) is 8.82. The SMILES string of the molecule is COc1ccccc1-c1cc(C)c(CC(=O)C2NC[C@H]3[C@@H](O)CCC[C@@H]23)c(CC#N)c1. The van der Waals surface area contributed by atoms with Crippen LogP contribution in [0.25, 0.3) is 11.1 Å². The van der Waals surface area contributed by atoms with Gasteiger partial charge in [-0.25, -0.2) is 0 Å². The first-order chi connectivity index (χ1) is 15.0. The third kappa shape index (κ3) is 4.23. The molecule has 4 atom stereocenters. The third-order valence-corrected chi connectivity index (χ3v) is 7.03. The molecule has 1 saturated heterocycles. The van der Waals surface area contributed by atoms with Gasteiger partial charge >= 0.3 is 0 Å². The topological polar surface area (TPSA) is 82.3 Å². The van der Waals surface area contributed by atoms with Crippen molar-refractivity contribution in [3.8, 4) is 22.9 Å². The molecule has 1 heterocycles. The van der Waals surface area contributed by atoms with Crippen LogP contribution in [-0.4, -0.2) is 36.7 Å². The number of aryl methyl sites for hydroxylation is 1. The lowest BCUT2D eigenvalue weighted by Crippen LogP contribution is -2.39. The third-order valence-electron chi connectivity index (χ3n) is 7.03. The van der Waals surface area contributed by atoms with Crippen molar-refractivity contribution in [3.63, 3.8) is 0 Å². The number of ketones is 1. The van der Waals surface area contributed by atoms with E-state index in [1.165, 1.54) is 0 Å². The van der Waals surface area contributed by atoms with E-state index >= 15 is 0 Å². The van der Waals surface area contributed by atoms with Crippen LogP contribution < -0.4 is 10.1 Å². The first kappa shape index (κ1) is 21.5. The molecule has 2 fully saturated rings. The van der Waals surface area contributed by atoms with Crippen molar-refractivity contribution in [2.24, 2.45) is 11.8 Å². The number of rotatable bonds is 6. The molecule has 2 aliphatic rings. The molecule has 0 spiro atoms. The van der Waals surface area contributed by atoms with Crippen molar-refractivity contribution in [3.05, 3.63) is 53.1 Å². The summed E-state index contributed by atoms with van der Waals surface area (Å²) in [5, 5.41) is 23.1. The molecule has 4 rings (SSSR count). The average Bonchev–Trinajstić information content (AvgIpc) is 3.21. The molecule has 0 amide bonds. The fraction of sp³-hybridized carbons (Fsp3) is 0.462. The number of carbonyl (C=O) groups excluding carboxylic acids is 1. The number of para-hydroxylation sites is 1. The molecule has 1 aliphatic heterocycles. The zero-order valence-corrected chi connectivity index (χ0v) is 18.2. The van der Waals surface area contributed by atoms with Crippen LogP contribution in [0, 0.1) is 30.1 Å². The number of aliphatic hydroxyl groups excluding tert-OH is 1. The van der Waals surface area contributed by atoms with Gasteiger partial charge in [-0.3, -0.25) is 4.79 Å². The van der Waals surface area contributed by atoms with Gasteiger partial charge in [-0.1, -0.05) is 30.7 Å². The highest BCUT2D eigenvalue weighted by Crippen LogP contribution is 2.38. The second kappa shape index (κ2) is 9.21. The normalized spacial score (nSPS) is 25.0. The van der Waals surface area contributed by atoms with Gasteiger partial charge < -0.3 is 15.2 Å². The zero-order chi connectivity index (χ0) is 22.0. The summed E-state index contributed by atoms with van der Waals surface area (Å²) in [5.74, 6) is 1.33. The van der Waals surface area contributed by atoms with Crippen LogP contribution in [0.1, 0.15) is 36.0 Å². The van der Waals surface area contributed by atoms with Crippen molar-refractivity contribution in [1.82, 2.24) is 5.32 Å². The first-order valence-electron chi connectivity index (χ1n) is 11.1. The number of hydrogen-bond donors (Lipinski definition) is 2. The quantitative estimate of drug-likeness (QED) is 0.749. The van der Waals surface area contributed by atoms with Crippen molar-refractivity contribution >= 4 is 5.78 Å². The molecule has 162 valence electrons. The monoisotopic (exact) mass is 418 g/mol. The summed E-state index contributed by atoms with van der Waals surface area (Å²) in [4.78, 5) is 13.3. The summed E-state index contributed by atoms with van der Waals surface area (Å²) >= 11 is 0. The largest absolute Gasteiger partial charge is 0.496 e. The Balaban J connectivity index is 1.62. The Labute approximate surface area is 184 Å². The highest BCUT2D eigenvalue weighted by atomic mass is 16.5. The lowest BCUT2D eigenvalue weighted by Gasteiger charge is -2.31. The smallest absolute Gasteiger partial charge is 0.154 e. The zero-order valence-electron chi connectivity index (χ0n) is 18.2. The molecule has 0 bridgehead atoms. The molecular formula is C26H30N2O3. The lowest BCUT2D eigenvalue weighted by atomic mass is 9.75. The van der Waals surface area contributed by atoms with Crippen LogP contribution in [0.2, 0.25) is 0 Å². The van der Waals surface area contributed by atoms with Gasteiger partial charge in [-0.15, -0.1) is 0 Å². The number of ether oxygens (including phenoxy) is 1. The number of benzene rings is 2. The maximum Gasteiger partial charge on any atom is 0.154 e. The van der Waals surface area contributed by atoms with Gasteiger partial charge in [0.05, 0.1) is 31.7 Å². The highest BCUT2D eigenvalue weighted by molar-refractivity contribution is 5.88. The van der Waals surface area contributed by atoms with Crippen molar-refractivity contribution in [2.75, 3.05) is 13.7 Å². The van der Waals surface area contributed by atoms with E-state index in [0.717, 1.165) is 52.8 Å². The number of Topliss-reactive ketones (excluding diaryl/α,β-unsaturated/α-hetero) is 1. The summed E-state index contributed by atoms with van der Waals surface area (Å²) in [7, 11) is 1.65. The summed E-state index contributed by atoms with van der Waals surface area (Å²) in [6, 6.07) is 14.0. The molecule has 0 radical (unpaired) electrons. The molecule has 0 aromatic heterocycles. The Kier molecular flexibility index (Phi) is 6.41. The molecule has 2 aromatic carbocycles. The van der Waals surface area contributed by atoms with Crippen molar-refractivity contribution in [1.29, 1.82) is 5.26 Å². The molecule has 1 unspecified atom stereocenters. The van der Waals surface area contributed by atoms with Crippen LogP contribution in [0.3, 0.4) is 0 Å².